The summed E-state index contributed by atoms with van der Waals surface area (Å²) in [6.45, 7) is 9.44. The van der Waals surface area contributed by atoms with E-state index in [-0.39, 0.29) is 67.1 Å². The Hall–Kier alpha value is -3.49. The molecule has 3 aliphatic rings. The van der Waals surface area contributed by atoms with Gasteiger partial charge in [-0.25, -0.2) is 17.6 Å². The summed E-state index contributed by atoms with van der Waals surface area (Å²) in [6.07, 6.45) is 4.01. The van der Waals surface area contributed by atoms with Gasteiger partial charge in [-0.05, 0) is 102 Å². The van der Waals surface area contributed by atoms with Crippen molar-refractivity contribution in [2.75, 3.05) is 24.2 Å². The predicted molar refractivity (Wildman–Crippen MR) is 191 cm³/mol. The van der Waals surface area contributed by atoms with Gasteiger partial charge in [-0.2, -0.15) is 4.31 Å². The number of fused-ring (bicyclic) bond motifs is 2. The van der Waals surface area contributed by atoms with Crippen LogP contribution < -0.4 is 5.32 Å². The molecule has 3 aliphatic heterocycles. The number of anilines is 1. The van der Waals surface area contributed by atoms with Crippen LogP contribution in [0.1, 0.15) is 83.8 Å². The second-order valence-electron chi connectivity index (χ2n) is 14.9. The van der Waals surface area contributed by atoms with Crippen molar-refractivity contribution in [2.45, 2.75) is 115 Å². The molecule has 13 nitrogen and oxygen atoms in total. The molecule has 5 rings (SSSR count). The van der Waals surface area contributed by atoms with E-state index >= 15 is 4.39 Å². The molecular formula is C35H47ClFN7O6S. The lowest BCUT2D eigenvalue weighted by Crippen LogP contribution is -2.60. The second-order valence-corrected chi connectivity index (χ2v) is 17.3. The number of ether oxygens (including phenoxy) is 2. The molecule has 2 aromatic rings. The number of benzene rings is 1. The van der Waals surface area contributed by atoms with Crippen molar-refractivity contribution in [3.63, 3.8) is 0 Å². The molecular weight excluding hydrogens is 701 g/mol. The number of pyridine rings is 1. The molecule has 1 unspecified atom stereocenters. The molecule has 1 aromatic heterocycles. The fourth-order valence-corrected chi connectivity index (χ4v) is 9.66. The molecule has 0 aliphatic carbocycles. The molecule has 16 heteroatoms. The van der Waals surface area contributed by atoms with Gasteiger partial charge in [0.2, 0.25) is 15.9 Å². The van der Waals surface area contributed by atoms with Crippen LogP contribution in [-0.2, 0) is 30.7 Å². The summed E-state index contributed by atoms with van der Waals surface area (Å²) in [5, 5.41) is 7.29. The van der Waals surface area contributed by atoms with Gasteiger partial charge in [-0.15, -0.1) is 0 Å². The zero-order chi connectivity index (χ0) is 37.1. The van der Waals surface area contributed by atoms with E-state index in [1.165, 1.54) is 10.5 Å². The average molecular weight is 748 g/mol. The first-order valence-electron chi connectivity index (χ1n) is 17.4. The van der Waals surface area contributed by atoms with E-state index in [1.54, 1.807) is 37.8 Å². The summed E-state index contributed by atoms with van der Waals surface area (Å²) < 4.78 is 55.3. The van der Waals surface area contributed by atoms with Gasteiger partial charge in [-0.3, -0.25) is 9.78 Å². The van der Waals surface area contributed by atoms with Gasteiger partial charge in [0.1, 0.15) is 17.5 Å². The Kier molecular flexibility index (Phi) is 12.2. The number of sulfonamides is 1. The summed E-state index contributed by atoms with van der Waals surface area (Å²) in [5.74, 6) is -2.01. The van der Waals surface area contributed by atoms with Crippen LogP contribution in [0, 0.1) is 11.7 Å². The zero-order valence-electron chi connectivity index (χ0n) is 29.7. The first-order valence-corrected chi connectivity index (χ1v) is 19.4. The lowest BCUT2D eigenvalue weighted by Gasteiger charge is -2.44. The number of rotatable bonds is 9. The van der Waals surface area contributed by atoms with E-state index in [9.17, 15) is 23.5 Å². The van der Waals surface area contributed by atoms with Gasteiger partial charge >= 0.3 is 6.09 Å². The monoisotopic (exact) mass is 747 g/mol. The van der Waals surface area contributed by atoms with Crippen LogP contribution in [0.3, 0.4) is 0 Å². The number of halogens is 2. The SMILES string of the molecule is C[C@@H]1CC([C@H](c2ccc(Cl)cc2)[C@H](N=[N+]=[N-])C(=O)Nc2cncc(F)c2CC[C@H]2CN(C(=O)OC(C)(C)C)[C@H]3CCCS(=O)(=O)[N@@]2C3)C[C@H](C)O1. The number of carbonyl (C=O) groups is 2. The van der Waals surface area contributed by atoms with E-state index in [0.717, 1.165) is 11.8 Å². The number of hydrogen-bond donors (Lipinski definition) is 1. The van der Waals surface area contributed by atoms with Crippen molar-refractivity contribution in [2.24, 2.45) is 11.0 Å². The predicted octanol–water partition coefficient (Wildman–Crippen LogP) is 6.83. The Morgan fingerprint density at radius 2 is 1.86 bits per heavy atom. The maximum absolute atomic E-state index is 15.6. The fourth-order valence-electron chi connectivity index (χ4n) is 7.74. The highest BCUT2D eigenvalue weighted by Crippen LogP contribution is 2.41. The highest BCUT2D eigenvalue weighted by Gasteiger charge is 2.45. The van der Waals surface area contributed by atoms with Crippen molar-refractivity contribution in [1.29, 1.82) is 0 Å². The molecule has 3 saturated heterocycles. The van der Waals surface area contributed by atoms with Crippen LogP contribution in [0.25, 0.3) is 10.4 Å². The molecule has 8 atom stereocenters. The third kappa shape index (κ3) is 9.50. The molecule has 1 N–H and O–H groups in total. The van der Waals surface area contributed by atoms with Crippen molar-refractivity contribution >= 4 is 39.3 Å². The minimum absolute atomic E-state index is 0.0231. The number of amides is 2. The number of piperazine rings is 1. The quantitative estimate of drug-likeness (QED) is 0.167. The summed E-state index contributed by atoms with van der Waals surface area (Å²) in [5.41, 5.74) is 9.87. The van der Waals surface area contributed by atoms with E-state index in [2.05, 4.69) is 20.3 Å². The van der Waals surface area contributed by atoms with E-state index in [1.807, 2.05) is 26.0 Å². The van der Waals surface area contributed by atoms with Crippen molar-refractivity contribution in [3.05, 3.63) is 69.1 Å². The van der Waals surface area contributed by atoms with Gasteiger partial charge in [0, 0.05) is 46.6 Å². The normalized spacial score (nSPS) is 27.3. The van der Waals surface area contributed by atoms with Crippen LogP contribution in [0.2, 0.25) is 5.02 Å². The third-order valence-electron chi connectivity index (χ3n) is 9.84. The Morgan fingerprint density at radius 1 is 1.18 bits per heavy atom. The lowest BCUT2D eigenvalue weighted by molar-refractivity contribution is -0.119. The molecule has 1 aromatic carbocycles. The van der Waals surface area contributed by atoms with Gasteiger partial charge in [0.15, 0.2) is 0 Å². The number of hydrogen-bond acceptors (Lipinski definition) is 8. The number of nitrogens with one attached hydrogen (secondary N) is 1. The molecule has 0 radical (unpaired) electrons. The van der Waals surface area contributed by atoms with Gasteiger partial charge in [0.05, 0.1) is 36.0 Å². The molecule has 0 spiro atoms. The van der Waals surface area contributed by atoms with Crippen molar-refractivity contribution in [1.82, 2.24) is 14.2 Å². The lowest BCUT2D eigenvalue weighted by atomic mass is 9.74. The van der Waals surface area contributed by atoms with E-state index in [0.29, 0.717) is 30.7 Å². The van der Waals surface area contributed by atoms with Crippen molar-refractivity contribution < 1.29 is 31.9 Å². The summed E-state index contributed by atoms with van der Waals surface area (Å²) >= 11 is 6.19. The number of azide groups is 1. The molecule has 2 amide bonds. The smallest absolute Gasteiger partial charge is 0.410 e. The average Bonchev–Trinajstić information content (AvgIpc) is 3.16. The van der Waals surface area contributed by atoms with Crippen molar-refractivity contribution in [3.8, 4) is 0 Å². The largest absolute Gasteiger partial charge is 0.444 e. The molecule has 51 heavy (non-hydrogen) atoms. The Morgan fingerprint density at radius 3 is 2.51 bits per heavy atom. The molecule has 278 valence electrons. The minimum Gasteiger partial charge on any atom is -0.444 e. The van der Waals surface area contributed by atoms with Crippen LogP contribution in [-0.4, -0.2) is 89.4 Å². The standard InChI is InChI=1S/C35H47ClFN7O6S/c1-21-15-24(16-22(2)49-21)31(23-8-10-25(36)11-9-23)32(41-42-38)33(45)40-30-18-39-17-29(37)28(30)13-12-27-19-43(34(46)50-35(3,4)5)26-7-6-14-51(47,48)44(27)20-26/h8-11,17-18,21-22,24,26-27,31-32H,6-7,12-16,19-20H2,1-5H3,(H,40,45)/t21-,22+,24?,26-,27-,31-,32-/m0/s1. The van der Waals surface area contributed by atoms with Crippen LogP contribution >= 0.6 is 11.6 Å². The highest BCUT2D eigenvalue weighted by atomic mass is 35.5. The molecule has 2 bridgehead atoms. The minimum atomic E-state index is -3.63. The van der Waals surface area contributed by atoms with Crippen LogP contribution in [0.4, 0.5) is 14.9 Å². The maximum atomic E-state index is 15.6. The van der Waals surface area contributed by atoms with Crippen LogP contribution in [0.15, 0.2) is 41.8 Å². The fraction of sp³-hybridized carbons (Fsp3) is 0.629. The van der Waals surface area contributed by atoms with Crippen LogP contribution in [0.5, 0.6) is 0 Å². The Labute approximate surface area is 303 Å². The molecule has 3 fully saturated rings. The van der Waals surface area contributed by atoms with Gasteiger partial charge in [0.25, 0.3) is 0 Å². The topological polar surface area (TPSA) is 167 Å². The number of nitrogens with zero attached hydrogens (tertiary/aromatic N) is 6. The van der Waals surface area contributed by atoms with Gasteiger partial charge < -0.3 is 19.7 Å². The zero-order valence-corrected chi connectivity index (χ0v) is 31.2. The first-order chi connectivity index (χ1) is 24.1. The number of carbonyl (C=O) groups excluding carboxylic acids is 2. The molecule has 0 saturated carbocycles. The van der Waals surface area contributed by atoms with E-state index < -0.39 is 51.4 Å². The maximum Gasteiger partial charge on any atom is 0.410 e. The first kappa shape index (κ1) is 38.7. The Bertz CT molecular complexity index is 1730. The number of aromatic nitrogens is 1. The third-order valence-corrected chi connectivity index (χ3v) is 12.1. The highest BCUT2D eigenvalue weighted by molar-refractivity contribution is 7.89. The van der Waals surface area contributed by atoms with Gasteiger partial charge in [-0.1, -0.05) is 28.8 Å². The molecule has 4 heterocycles. The second kappa shape index (κ2) is 16.0. The summed E-state index contributed by atoms with van der Waals surface area (Å²) in [6, 6.07) is 4.85. The summed E-state index contributed by atoms with van der Waals surface area (Å²) in [4.78, 5) is 36.0. The summed E-state index contributed by atoms with van der Waals surface area (Å²) in [7, 11) is -3.63. The Balaban J connectivity index is 1.41. The van der Waals surface area contributed by atoms with E-state index in [4.69, 9.17) is 21.1 Å².